The van der Waals surface area contributed by atoms with Gasteiger partial charge in [-0.05, 0) is 57.7 Å². The summed E-state index contributed by atoms with van der Waals surface area (Å²) in [6, 6.07) is 4.74. The second-order valence-electron chi connectivity index (χ2n) is 7.65. The first kappa shape index (κ1) is 16.2. The number of rotatable bonds is 2. The molecule has 1 aromatic heterocycles. The van der Waals surface area contributed by atoms with E-state index >= 15 is 0 Å². The molecule has 2 fully saturated rings. The van der Waals surface area contributed by atoms with Crippen LogP contribution in [-0.2, 0) is 11.3 Å². The smallest absolute Gasteiger partial charge is 0.410 e. The summed E-state index contributed by atoms with van der Waals surface area (Å²) in [6.07, 6.45) is 6.75. The maximum absolute atomic E-state index is 12.6. The zero-order valence-corrected chi connectivity index (χ0v) is 14.4. The second kappa shape index (κ2) is 6.48. The average Bonchev–Trinajstić information content (AvgIpc) is 2.76. The van der Waals surface area contributed by atoms with Crippen LogP contribution in [0.3, 0.4) is 0 Å². The van der Waals surface area contributed by atoms with Gasteiger partial charge < -0.3 is 9.64 Å². The molecule has 3 rings (SSSR count). The van der Waals surface area contributed by atoms with Crippen LogP contribution in [0.15, 0.2) is 24.5 Å². The lowest BCUT2D eigenvalue weighted by atomic mass is 10.1. The van der Waals surface area contributed by atoms with Crippen molar-refractivity contribution < 1.29 is 9.53 Å². The number of pyridine rings is 1. The number of carbonyl (C=O) groups excluding carboxylic acids is 1. The topological polar surface area (TPSA) is 45.7 Å². The number of fused-ring (bicyclic) bond motifs is 2. The minimum atomic E-state index is -0.431. The van der Waals surface area contributed by atoms with Crippen LogP contribution in [0.25, 0.3) is 0 Å². The Kier molecular flexibility index (Phi) is 4.57. The molecule has 1 amide bonds. The fourth-order valence-electron chi connectivity index (χ4n) is 3.65. The molecule has 2 atom stereocenters. The lowest BCUT2D eigenvalue weighted by Gasteiger charge is -2.31. The summed E-state index contributed by atoms with van der Waals surface area (Å²) >= 11 is 0. The minimum Gasteiger partial charge on any atom is -0.444 e. The molecule has 0 saturated carbocycles. The highest BCUT2D eigenvalue weighted by molar-refractivity contribution is 5.69. The van der Waals surface area contributed by atoms with Gasteiger partial charge in [0.2, 0.25) is 0 Å². The zero-order chi connectivity index (χ0) is 16.4. The van der Waals surface area contributed by atoms with E-state index in [0.29, 0.717) is 6.04 Å². The van der Waals surface area contributed by atoms with Crippen LogP contribution in [0.2, 0.25) is 0 Å². The van der Waals surface area contributed by atoms with E-state index in [9.17, 15) is 4.79 Å². The third kappa shape index (κ3) is 4.02. The molecule has 3 heterocycles. The summed E-state index contributed by atoms with van der Waals surface area (Å²) in [5, 5.41) is 0. The highest BCUT2D eigenvalue weighted by Crippen LogP contribution is 2.32. The fraction of sp³-hybridized carbons (Fsp3) is 0.667. The molecule has 0 N–H and O–H groups in total. The number of aromatic nitrogens is 1. The third-order valence-electron chi connectivity index (χ3n) is 4.63. The van der Waals surface area contributed by atoms with Crippen molar-refractivity contribution in [3.05, 3.63) is 30.1 Å². The minimum absolute atomic E-state index is 0.143. The standard InChI is InChI=1S/C18H27N3O2/c1-18(2,3)23-17(22)21-15-4-5-16(21)13-20(11-8-15)12-14-6-9-19-10-7-14/h6-7,9-10,15-16H,4-5,8,11-13H2,1-3H3. The van der Waals surface area contributed by atoms with E-state index in [0.717, 1.165) is 38.9 Å². The van der Waals surface area contributed by atoms with E-state index in [4.69, 9.17) is 4.74 Å². The first-order valence-electron chi connectivity index (χ1n) is 8.55. The van der Waals surface area contributed by atoms with Crippen LogP contribution in [0.5, 0.6) is 0 Å². The van der Waals surface area contributed by atoms with Gasteiger partial charge in [-0.25, -0.2) is 4.79 Å². The normalized spacial score (nSPS) is 25.3. The Labute approximate surface area is 138 Å². The summed E-state index contributed by atoms with van der Waals surface area (Å²) in [4.78, 5) is 21.1. The lowest BCUT2D eigenvalue weighted by Crippen LogP contribution is -2.45. The Morgan fingerprint density at radius 3 is 2.61 bits per heavy atom. The van der Waals surface area contributed by atoms with Gasteiger partial charge in [0.1, 0.15) is 5.60 Å². The molecule has 2 unspecified atom stereocenters. The predicted molar refractivity (Wildman–Crippen MR) is 89.0 cm³/mol. The van der Waals surface area contributed by atoms with Crippen LogP contribution in [0.1, 0.15) is 45.6 Å². The Bertz CT molecular complexity index is 541. The molecule has 1 aromatic rings. The number of hydrogen-bond donors (Lipinski definition) is 0. The van der Waals surface area contributed by atoms with Gasteiger partial charge in [0, 0.05) is 44.1 Å². The summed E-state index contributed by atoms with van der Waals surface area (Å²) in [6.45, 7) is 8.68. The molecule has 2 saturated heterocycles. The van der Waals surface area contributed by atoms with E-state index in [-0.39, 0.29) is 12.1 Å². The maximum atomic E-state index is 12.6. The number of hydrogen-bond acceptors (Lipinski definition) is 4. The van der Waals surface area contributed by atoms with Crippen molar-refractivity contribution in [3.63, 3.8) is 0 Å². The van der Waals surface area contributed by atoms with Crippen molar-refractivity contribution in [2.24, 2.45) is 0 Å². The molecule has 5 nitrogen and oxygen atoms in total. The number of amides is 1. The maximum Gasteiger partial charge on any atom is 0.410 e. The Hall–Kier alpha value is -1.62. The Morgan fingerprint density at radius 1 is 1.22 bits per heavy atom. The van der Waals surface area contributed by atoms with E-state index in [1.807, 2.05) is 38.1 Å². The van der Waals surface area contributed by atoms with Crippen molar-refractivity contribution in [2.45, 2.75) is 64.3 Å². The largest absolute Gasteiger partial charge is 0.444 e. The summed E-state index contributed by atoms with van der Waals surface area (Å²) in [7, 11) is 0. The van der Waals surface area contributed by atoms with Crippen LogP contribution in [0.4, 0.5) is 4.79 Å². The van der Waals surface area contributed by atoms with Gasteiger partial charge in [-0.15, -0.1) is 0 Å². The average molecular weight is 317 g/mol. The number of carbonyl (C=O) groups is 1. The predicted octanol–water partition coefficient (Wildman–Crippen LogP) is 3.06. The lowest BCUT2D eigenvalue weighted by molar-refractivity contribution is 0.0153. The monoisotopic (exact) mass is 317 g/mol. The Balaban J connectivity index is 1.66. The molecule has 0 aromatic carbocycles. The molecular formula is C18H27N3O2. The molecule has 5 heteroatoms. The summed E-state index contributed by atoms with van der Waals surface area (Å²) in [5.74, 6) is 0. The first-order valence-corrected chi connectivity index (χ1v) is 8.55. The highest BCUT2D eigenvalue weighted by Gasteiger charge is 2.41. The summed E-state index contributed by atoms with van der Waals surface area (Å²) < 4.78 is 5.63. The Morgan fingerprint density at radius 2 is 1.91 bits per heavy atom. The molecule has 2 aliphatic heterocycles. The molecule has 126 valence electrons. The van der Waals surface area contributed by atoms with Crippen molar-refractivity contribution in [3.8, 4) is 0 Å². The fourth-order valence-corrected chi connectivity index (χ4v) is 3.65. The molecule has 2 bridgehead atoms. The molecule has 23 heavy (non-hydrogen) atoms. The van der Waals surface area contributed by atoms with Gasteiger partial charge in [-0.2, -0.15) is 0 Å². The molecule has 0 spiro atoms. The van der Waals surface area contributed by atoms with Crippen molar-refractivity contribution in [1.82, 2.24) is 14.8 Å². The van der Waals surface area contributed by atoms with Gasteiger partial charge in [0.15, 0.2) is 0 Å². The second-order valence-corrected chi connectivity index (χ2v) is 7.65. The molecule has 0 radical (unpaired) electrons. The quantitative estimate of drug-likeness (QED) is 0.841. The van der Waals surface area contributed by atoms with Gasteiger partial charge in [-0.3, -0.25) is 9.88 Å². The van der Waals surface area contributed by atoms with Crippen LogP contribution < -0.4 is 0 Å². The van der Waals surface area contributed by atoms with Crippen molar-refractivity contribution >= 4 is 6.09 Å². The van der Waals surface area contributed by atoms with Crippen molar-refractivity contribution in [2.75, 3.05) is 13.1 Å². The van der Waals surface area contributed by atoms with Gasteiger partial charge in [-0.1, -0.05) is 0 Å². The number of nitrogens with zero attached hydrogens (tertiary/aromatic N) is 3. The molecular weight excluding hydrogens is 290 g/mol. The molecule has 2 aliphatic rings. The third-order valence-corrected chi connectivity index (χ3v) is 4.63. The van der Waals surface area contributed by atoms with Crippen LogP contribution in [-0.4, -0.2) is 51.7 Å². The number of likely N-dealkylation sites (tertiary alicyclic amines) is 1. The summed E-state index contributed by atoms with van der Waals surface area (Å²) in [5.41, 5.74) is 0.848. The van der Waals surface area contributed by atoms with Crippen molar-refractivity contribution in [1.29, 1.82) is 0 Å². The van der Waals surface area contributed by atoms with Crippen LogP contribution >= 0.6 is 0 Å². The zero-order valence-electron chi connectivity index (χ0n) is 14.4. The van der Waals surface area contributed by atoms with Gasteiger partial charge >= 0.3 is 6.09 Å². The van der Waals surface area contributed by atoms with Gasteiger partial charge in [0.25, 0.3) is 0 Å². The van der Waals surface area contributed by atoms with E-state index in [1.54, 1.807) is 0 Å². The highest BCUT2D eigenvalue weighted by atomic mass is 16.6. The van der Waals surface area contributed by atoms with E-state index in [1.165, 1.54) is 5.56 Å². The number of ether oxygens (including phenoxy) is 1. The van der Waals surface area contributed by atoms with Gasteiger partial charge in [0.05, 0.1) is 0 Å². The molecule has 0 aliphatic carbocycles. The first-order chi connectivity index (χ1) is 10.9. The van der Waals surface area contributed by atoms with Crippen LogP contribution in [0, 0.1) is 0 Å². The van der Waals surface area contributed by atoms with E-state index < -0.39 is 5.60 Å². The SMILES string of the molecule is CC(C)(C)OC(=O)N1C2CCC1CN(Cc1ccncc1)CC2. The van der Waals surface area contributed by atoms with E-state index in [2.05, 4.69) is 22.0 Å².